The third-order valence-electron chi connectivity index (χ3n) is 3.58. The van der Waals surface area contributed by atoms with Crippen molar-refractivity contribution >= 4 is 11.7 Å². The molecule has 1 unspecified atom stereocenters. The van der Waals surface area contributed by atoms with Gasteiger partial charge in [0.1, 0.15) is 0 Å². The van der Waals surface area contributed by atoms with Crippen LogP contribution in [0.4, 0.5) is 10.2 Å². The smallest absolute Gasteiger partial charge is 0.254 e. The molecule has 0 radical (unpaired) electrons. The van der Waals surface area contributed by atoms with E-state index in [4.69, 9.17) is 5.73 Å². The van der Waals surface area contributed by atoms with E-state index < -0.39 is 11.7 Å². The number of piperidine rings is 1. The Labute approximate surface area is 112 Å². The lowest BCUT2D eigenvalue weighted by atomic mass is 10.0. The molecule has 1 saturated heterocycles. The van der Waals surface area contributed by atoms with Crippen LogP contribution in [0, 0.1) is 5.82 Å². The first-order valence-electron chi connectivity index (χ1n) is 6.48. The number of amides is 1. The first-order chi connectivity index (χ1) is 9.09. The van der Waals surface area contributed by atoms with Crippen molar-refractivity contribution in [1.29, 1.82) is 0 Å². The van der Waals surface area contributed by atoms with Crippen molar-refractivity contribution in [2.24, 2.45) is 0 Å². The fourth-order valence-electron chi connectivity index (χ4n) is 2.34. The number of nitrogens with two attached hydrogens (primary N) is 1. The monoisotopic (exact) mass is 266 g/mol. The molecule has 0 bridgehead atoms. The number of nitrogen functional groups attached to an aromatic ring is 1. The number of hydrogen-bond donors (Lipinski definition) is 2. The molecule has 104 valence electrons. The number of rotatable bonds is 3. The van der Waals surface area contributed by atoms with Gasteiger partial charge in [0.2, 0.25) is 0 Å². The maximum atomic E-state index is 13.6. The Bertz CT molecular complexity index is 466. The van der Waals surface area contributed by atoms with Crippen molar-refractivity contribution in [3.05, 3.63) is 23.6 Å². The minimum Gasteiger partial charge on any atom is -0.381 e. The molecular weight excluding hydrogens is 247 g/mol. The second-order valence-corrected chi connectivity index (χ2v) is 4.90. The number of anilines is 1. The van der Waals surface area contributed by atoms with Gasteiger partial charge in [0.25, 0.3) is 5.91 Å². The molecule has 2 rings (SSSR count). The minimum absolute atomic E-state index is 0.0500. The number of pyridine rings is 1. The Morgan fingerprint density at radius 2 is 2.42 bits per heavy atom. The zero-order valence-electron chi connectivity index (χ0n) is 11.0. The lowest BCUT2D eigenvalue weighted by molar-refractivity contribution is 0.0924. The number of nitrogens with one attached hydrogen (secondary N) is 1. The SMILES string of the molecule is CN1CCCCC1CNC(=O)c1ccnc(N)c1F. The molecule has 19 heavy (non-hydrogen) atoms. The summed E-state index contributed by atoms with van der Waals surface area (Å²) in [6, 6.07) is 1.66. The summed E-state index contributed by atoms with van der Waals surface area (Å²) < 4.78 is 13.6. The Morgan fingerprint density at radius 3 is 3.16 bits per heavy atom. The topological polar surface area (TPSA) is 71.2 Å². The van der Waals surface area contributed by atoms with Gasteiger partial charge in [-0.2, -0.15) is 0 Å². The van der Waals surface area contributed by atoms with Crippen molar-refractivity contribution in [3.8, 4) is 0 Å². The Hall–Kier alpha value is -1.69. The molecule has 0 aromatic carbocycles. The molecule has 6 heteroatoms. The van der Waals surface area contributed by atoms with Crippen LogP contribution in [0.2, 0.25) is 0 Å². The fraction of sp³-hybridized carbons (Fsp3) is 0.538. The average Bonchev–Trinajstić information content (AvgIpc) is 2.40. The van der Waals surface area contributed by atoms with Gasteiger partial charge in [-0.1, -0.05) is 6.42 Å². The summed E-state index contributed by atoms with van der Waals surface area (Å²) in [5.74, 6) is -1.44. The van der Waals surface area contributed by atoms with Gasteiger partial charge in [-0.3, -0.25) is 4.79 Å². The highest BCUT2D eigenvalue weighted by Gasteiger charge is 2.20. The summed E-state index contributed by atoms with van der Waals surface area (Å²) in [6.45, 7) is 1.56. The van der Waals surface area contributed by atoms with E-state index in [1.54, 1.807) is 0 Å². The molecule has 1 aromatic heterocycles. The van der Waals surface area contributed by atoms with E-state index in [1.807, 2.05) is 7.05 Å². The molecule has 1 atom stereocenters. The van der Waals surface area contributed by atoms with Crippen LogP contribution in [0.1, 0.15) is 29.6 Å². The van der Waals surface area contributed by atoms with Crippen molar-refractivity contribution in [2.75, 3.05) is 25.9 Å². The van der Waals surface area contributed by atoms with E-state index in [0.29, 0.717) is 12.6 Å². The predicted molar refractivity (Wildman–Crippen MR) is 71.2 cm³/mol. The van der Waals surface area contributed by atoms with Gasteiger partial charge in [0.15, 0.2) is 11.6 Å². The molecule has 0 spiro atoms. The molecule has 5 nitrogen and oxygen atoms in total. The van der Waals surface area contributed by atoms with Crippen LogP contribution in [0.5, 0.6) is 0 Å². The van der Waals surface area contributed by atoms with Crippen molar-refractivity contribution < 1.29 is 9.18 Å². The van der Waals surface area contributed by atoms with Gasteiger partial charge in [-0.25, -0.2) is 9.37 Å². The van der Waals surface area contributed by atoms with E-state index in [1.165, 1.54) is 25.1 Å². The molecule has 0 saturated carbocycles. The normalized spacial score (nSPS) is 20.2. The number of aromatic nitrogens is 1. The van der Waals surface area contributed by atoms with Crippen molar-refractivity contribution in [1.82, 2.24) is 15.2 Å². The van der Waals surface area contributed by atoms with Crippen molar-refractivity contribution in [3.63, 3.8) is 0 Å². The van der Waals surface area contributed by atoms with E-state index >= 15 is 0 Å². The molecule has 1 aromatic rings. The lowest BCUT2D eigenvalue weighted by Gasteiger charge is -2.32. The third kappa shape index (κ3) is 3.20. The highest BCUT2D eigenvalue weighted by atomic mass is 19.1. The fourth-order valence-corrected chi connectivity index (χ4v) is 2.34. The summed E-state index contributed by atoms with van der Waals surface area (Å²) in [4.78, 5) is 17.7. The van der Waals surface area contributed by atoms with Crippen LogP contribution < -0.4 is 11.1 Å². The standard InChI is InChI=1S/C13H19FN4O/c1-18-7-3-2-4-9(18)8-17-13(19)10-5-6-16-12(15)11(10)14/h5-6,9H,2-4,7-8H2,1H3,(H2,15,16)(H,17,19). The van der Waals surface area contributed by atoms with Gasteiger partial charge in [0.05, 0.1) is 5.56 Å². The van der Waals surface area contributed by atoms with Crippen molar-refractivity contribution in [2.45, 2.75) is 25.3 Å². The number of hydrogen-bond acceptors (Lipinski definition) is 4. The zero-order chi connectivity index (χ0) is 13.8. The van der Waals surface area contributed by atoms with E-state index in [2.05, 4.69) is 15.2 Å². The van der Waals surface area contributed by atoms with Gasteiger partial charge in [0, 0.05) is 18.8 Å². The summed E-state index contributed by atoms with van der Waals surface area (Å²) in [5, 5.41) is 2.76. The largest absolute Gasteiger partial charge is 0.381 e. The van der Waals surface area contributed by atoms with Crippen LogP contribution in [-0.2, 0) is 0 Å². The second-order valence-electron chi connectivity index (χ2n) is 4.90. The summed E-state index contributed by atoms with van der Waals surface area (Å²) in [7, 11) is 2.04. The average molecular weight is 266 g/mol. The Balaban J connectivity index is 1.95. The molecule has 1 aliphatic heterocycles. The van der Waals surface area contributed by atoms with E-state index in [0.717, 1.165) is 13.0 Å². The Kier molecular flexibility index (Phi) is 4.31. The molecule has 2 heterocycles. The van der Waals surface area contributed by atoms with E-state index in [-0.39, 0.29) is 11.4 Å². The maximum absolute atomic E-state index is 13.6. The molecular formula is C13H19FN4O. The van der Waals surface area contributed by atoms with Crippen LogP contribution >= 0.6 is 0 Å². The van der Waals surface area contributed by atoms with E-state index in [9.17, 15) is 9.18 Å². The van der Waals surface area contributed by atoms with Gasteiger partial charge in [-0.15, -0.1) is 0 Å². The maximum Gasteiger partial charge on any atom is 0.254 e. The van der Waals surface area contributed by atoms with Crippen LogP contribution in [-0.4, -0.2) is 42.0 Å². The predicted octanol–water partition coefficient (Wildman–Crippen LogP) is 1.02. The molecule has 3 N–H and O–H groups in total. The zero-order valence-corrected chi connectivity index (χ0v) is 11.0. The quantitative estimate of drug-likeness (QED) is 0.856. The number of carbonyl (C=O) groups is 1. The molecule has 1 fully saturated rings. The summed E-state index contributed by atoms with van der Waals surface area (Å²) >= 11 is 0. The van der Waals surface area contributed by atoms with Gasteiger partial charge >= 0.3 is 0 Å². The summed E-state index contributed by atoms with van der Waals surface area (Å²) in [6.07, 6.45) is 4.75. The Morgan fingerprint density at radius 1 is 1.63 bits per heavy atom. The second kappa shape index (κ2) is 5.97. The number of nitrogens with zero attached hydrogens (tertiary/aromatic N) is 2. The number of halogens is 1. The van der Waals surface area contributed by atoms with Gasteiger partial charge < -0.3 is 16.0 Å². The highest BCUT2D eigenvalue weighted by molar-refractivity contribution is 5.95. The number of likely N-dealkylation sites (N-methyl/N-ethyl adjacent to an activating group) is 1. The van der Waals surface area contributed by atoms with Crippen LogP contribution in [0.3, 0.4) is 0 Å². The number of carbonyl (C=O) groups excluding carboxylic acids is 1. The lowest BCUT2D eigenvalue weighted by Crippen LogP contribution is -2.44. The molecule has 1 amide bonds. The molecule has 0 aliphatic carbocycles. The third-order valence-corrected chi connectivity index (χ3v) is 3.58. The van der Waals surface area contributed by atoms with Gasteiger partial charge in [-0.05, 0) is 32.5 Å². The highest BCUT2D eigenvalue weighted by Crippen LogP contribution is 2.15. The minimum atomic E-state index is -0.753. The van der Waals surface area contributed by atoms with Crippen LogP contribution in [0.25, 0.3) is 0 Å². The first kappa shape index (κ1) is 13.7. The summed E-state index contributed by atoms with van der Waals surface area (Å²) in [5.41, 5.74) is 5.30. The number of likely N-dealkylation sites (tertiary alicyclic amines) is 1. The molecule has 1 aliphatic rings. The first-order valence-corrected chi connectivity index (χ1v) is 6.48. The van der Waals surface area contributed by atoms with Crippen LogP contribution in [0.15, 0.2) is 12.3 Å².